The Bertz CT molecular complexity index is 504. The topological polar surface area (TPSA) is 100 Å². The molecule has 1 aromatic rings. The van der Waals surface area contributed by atoms with Crippen molar-refractivity contribution < 1.29 is 10.0 Å². The van der Waals surface area contributed by atoms with Crippen LogP contribution in [0.25, 0.3) is 0 Å². The molecule has 1 aliphatic rings. The molecule has 0 radical (unpaired) electrons. The van der Waals surface area contributed by atoms with Gasteiger partial charge in [-0.15, -0.1) is 0 Å². The van der Waals surface area contributed by atoms with Gasteiger partial charge in [0.2, 0.25) is 0 Å². The Morgan fingerprint density at radius 2 is 2.11 bits per heavy atom. The number of nitro groups is 1. The molecule has 0 amide bonds. The summed E-state index contributed by atoms with van der Waals surface area (Å²) in [5.41, 5.74) is -0.272. The summed E-state index contributed by atoms with van der Waals surface area (Å²) >= 11 is 0. The Hall–Kier alpha value is -1.89. The molecule has 7 heteroatoms. The van der Waals surface area contributed by atoms with Gasteiger partial charge < -0.3 is 15.7 Å². The zero-order chi connectivity index (χ0) is 14.2. The number of hydrogen-bond donors (Lipinski definition) is 3. The van der Waals surface area contributed by atoms with Crippen LogP contribution in [0.5, 0.6) is 0 Å². The number of nitrogens with one attached hydrogen (secondary N) is 2. The van der Waals surface area contributed by atoms with Gasteiger partial charge in [-0.05, 0) is 6.42 Å². The maximum absolute atomic E-state index is 10.9. The van der Waals surface area contributed by atoms with Gasteiger partial charge in [0.15, 0.2) is 0 Å². The highest BCUT2D eigenvalue weighted by Crippen LogP contribution is 2.42. The van der Waals surface area contributed by atoms with E-state index in [1.165, 1.54) is 12.1 Å². The zero-order valence-corrected chi connectivity index (χ0v) is 11.2. The lowest BCUT2D eigenvalue weighted by Crippen LogP contribution is -2.57. The fourth-order valence-corrected chi connectivity index (χ4v) is 2.15. The molecule has 1 saturated carbocycles. The lowest BCUT2D eigenvalue weighted by Gasteiger charge is -2.49. The van der Waals surface area contributed by atoms with Gasteiger partial charge in [0.25, 0.3) is 5.69 Å². The van der Waals surface area contributed by atoms with Gasteiger partial charge in [-0.25, -0.2) is 4.98 Å². The third kappa shape index (κ3) is 2.46. The number of aromatic nitrogens is 1. The van der Waals surface area contributed by atoms with Crippen LogP contribution in [0.4, 0.5) is 17.3 Å². The molecule has 0 spiro atoms. The number of anilines is 2. The summed E-state index contributed by atoms with van der Waals surface area (Å²) in [4.78, 5) is 14.6. The van der Waals surface area contributed by atoms with Crippen molar-refractivity contribution in [3.05, 3.63) is 22.2 Å². The average molecular weight is 266 g/mol. The van der Waals surface area contributed by atoms with Crippen LogP contribution in [0.15, 0.2) is 12.1 Å². The molecule has 19 heavy (non-hydrogen) atoms. The molecule has 0 aromatic carbocycles. The van der Waals surface area contributed by atoms with E-state index >= 15 is 0 Å². The summed E-state index contributed by atoms with van der Waals surface area (Å²) in [5, 5.41) is 26.5. The first-order valence-electron chi connectivity index (χ1n) is 6.13. The molecule has 2 rings (SSSR count). The SMILES string of the molecule is CNc1cc([N+](=O)[O-])cc(NC2CC(O)C2(C)C)n1. The summed E-state index contributed by atoms with van der Waals surface area (Å²) < 4.78 is 0. The van der Waals surface area contributed by atoms with Crippen LogP contribution in [0.1, 0.15) is 20.3 Å². The maximum Gasteiger partial charge on any atom is 0.276 e. The van der Waals surface area contributed by atoms with E-state index in [0.29, 0.717) is 18.1 Å². The van der Waals surface area contributed by atoms with Crippen LogP contribution in [0, 0.1) is 15.5 Å². The van der Waals surface area contributed by atoms with Gasteiger partial charge in [0.05, 0.1) is 23.2 Å². The second kappa shape index (κ2) is 4.65. The van der Waals surface area contributed by atoms with E-state index in [9.17, 15) is 15.2 Å². The first-order chi connectivity index (χ1) is 8.84. The molecule has 7 nitrogen and oxygen atoms in total. The van der Waals surface area contributed by atoms with E-state index in [2.05, 4.69) is 15.6 Å². The Morgan fingerprint density at radius 3 is 2.58 bits per heavy atom. The molecule has 104 valence electrons. The third-order valence-electron chi connectivity index (χ3n) is 3.82. The van der Waals surface area contributed by atoms with Crippen molar-refractivity contribution in [3.8, 4) is 0 Å². The van der Waals surface area contributed by atoms with Gasteiger partial charge in [-0.2, -0.15) is 0 Å². The Balaban J connectivity index is 2.21. The van der Waals surface area contributed by atoms with Crippen LogP contribution >= 0.6 is 0 Å². The van der Waals surface area contributed by atoms with Crippen molar-refractivity contribution in [2.24, 2.45) is 5.41 Å². The van der Waals surface area contributed by atoms with Crippen LogP contribution in [0.3, 0.4) is 0 Å². The molecule has 1 heterocycles. The summed E-state index contributed by atoms with van der Waals surface area (Å²) in [5.74, 6) is 0.887. The largest absolute Gasteiger partial charge is 0.392 e. The standard InChI is InChI=1S/C12H18N4O3/c1-12(2)8(6-9(12)17)14-11-5-7(16(18)19)4-10(13-3)15-11/h4-5,8-9,17H,6H2,1-3H3,(H2,13,14,15). The van der Waals surface area contributed by atoms with Crippen LogP contribution in [-0.4, -0.2) is 34.2 Å². The molecule has 2 atom stereocenters. The minimum Gasteiger partial charge on any atom is -0.392 e. The van der Waals surface area contributed by atoms with Gasteiger partial charge in [-0.3, -0.25) is 10.1 Å². The van der Waals surface area contributed by atoms with E-state index in [0.717, 1.165) is 0 Å². The number of aliphatic hydroxyl groups is 1. The second-order valence-corrected chi connectivity index (χ2v) is 5.37. The van der Waals surface area contributed by atoms with Crippen LogP contribution in [-0.2, 0) is 0 Å². The number of hydrogen-bond acceptors (Lipinski definition) is 6. The van der Waals surface area contributed by atoms with Crippen molar-refractivity contribution in [1.82, 2.24) is 4.98 Å². The monoisotopic (exact) mass is 266 g/mol. The highest BCUT2D eigenvalue weighted by Gasteiger charge is 2.47. The molecule has 1 aliphatic carbocycles. The Kier molecular flexibility index (Phi) is 3.32. The van der Waals surface area contributed by atoms with E-state index in [1.807, 2.05) is 13.8 Å². The van der Waals surface area contributed by atoms with E-state index in [-0.39, 0.29) is 23.2 Å². The van der Waals surface area contributed by atoms with Crippen molar-refractivity contribution in [2.75, 3.05) is 17.7 Å². The quantitative estimate of drug-likeness (QED) is 0.565. The fraction of sp³-hybridized carbons (Fsp3) is 0.583. The normalized spacial score (nSPS) is 24.4. The van der Waals surface area contributed by atoms with Gasteiger partial charge in [0, 0.05) is 18.5 Å². The molecule has 1 aromatic heterocycles. The first-order valence-corrected chi connectivity index (χ1v) is 6.13. The lowest BCUT2D eigenvalue weighted by atomic mass is 9.64. The molecule has 1 fully saturated rings. The van der Waals surface area contributed by atoms with Crippen molar-refractivity contribution in [2.45, 2.75) is 32.4 Å². The lowest BCUT2D eigenvalue weighted by molar-refractivity contribution is -0.384. The number of aliphatic hydroxyl groups excluding tert-OH is 1. The van der Waals surface area contributed by atoms with Crippen LogP contribution in [0.2, 0.25) is 0 Å². The summed E-state index contributed by atoms with van der Waals surface area (Å²) in [6.07, 6.45) is 0.263. The minimum atomic E-state index is -0.450. The highest BCUT2D eigenvalue weighted by molar-refractivity contribution is 5.55. The number of nitrogens with zero attached hydrogens (tertiary/aromatic N) is 2. The summed E-state index contributed by atoms with van der Waals surface area (Å²) in [6.45, 7) is 3.91. The molecule has 2 unspecified atom stereocenters. The van der Waals surface area contributed by atoms with Crippen molar-refractivity contribution in [3.63, 3.8) is 0 Å². The van der Waals surface area contributed by atoms with Crippen molar-refractivity contribution in [1.29, 1.82) is 0 Å². The minimum absolute atomic E-state index is 0.0143. The number of pyridine rings is 1. The van der Waals surface area contributed by atoms with E-state index in [1.54, 1.807) is 7.05 Å². The Morgan fingerprint density at radius 1 is 1.47 bits per heavy atom. The van der Waals surface area contributed by atoms with Gasteiger partial charge in [0.1, 0.15) is 11.6 Å². The maximum atomic E-state index is 10.9. The second-order valence-electron chi connectivity index (χ2n) is 5.37. The first kappa shape index (κ1) is 13.5. The summed E-state index contributed by atoms with van der Waals surface area (Å²) in [6, 6.07) is 2.84. The zero-order valence-electron chi connectivity index (χ0n) is 11.2. The van der Waals surface area contributed by atoms with E-state index in [4.69, 9.17) is 0 Å². The summed E-state index contributed by atoms with van der Waals surface area (Å²) in [7, 11) is 1.66. The average Bonchev–Trinajstić information content (AvgIpc) is 2.38. The third-order valence-corrected chi connectivity index (χ3v) is 3.82. The number of rotatable bonds is 4. The smallest absolute Gasteiger partial charge is 0.276 e. The van der Waals surface area contributed by atoms with Crippen molar-refractivity contribution >= 4 is 17.3 Å². The van der Waals surface area contributed by atoms with Crippen LogP contribution < -0.4 is 10.6 Å². The highest BCUT2D eigenvalue weighted by atomic mass is 16.6. The molecule has 0 aliphatic heterocycles. The molecule has 0 bridgehead atoms. The molecular formula is C12H18N4O3. The molecule has 0 saturated heterocycles. The molecule has 3 N–H and O–H groups in total. The predicted octanol–water partition coefficient (Wildman–Crippen LogP) is 1.60. The predicted molar refractivity (Wildman–Crippen MR) is 72.3 cm³/mol. The van der Waals surface area contributed by atoms with Gasteiger partial charge in [-0.1, -0.05) is 13.8 Å². The fourth-order valence-electron chi connectivity index (χ4n) is 2.15. The van der Waals surface area contributed by atoms with E-state index < -0.39 is 4.92 Å². The van der Waals surface area contributed by atoms with Gasteiger partial charge >= 0.3 is 0 Å². The molecular weight excluding hydrogens is 248 g/mol. The Labute approximate surface area is 111 Å².